The highest BCUT2D eigenvalue weighted by Gasteiger charge is 2.25. The summed E-state index contributed by atoms with van der Waals surface area (Å²) in [5, 5.41) is 3.75. The van der Waals surface area contributed by atoms with Gasteiger partial charge in [-0.1, -0.05) is 18.6 Å². The molecule has 168 valence electrons. The lowest BCUT2D eigenvalue weighted by Gasteiger charge is -2.27. The second-order valence-corrected chi connectivity index (χ2v) is 10.2. The van der Waals surface area contributed by atoms with Crippen LogP contribution >= 0.6 is 11.3 Å². The first-order valence-electron chi connectivity index (χ1n) is 11.6. The Morgan fingerprint density at radius 2 is 1.94 bits per heavy atom. The van der Waals surface area contributed by atoms with E-state index >= 15 is 0 Å². The van der Waals surface area contributed by atoms with Crippen LogP contribution in [-0.4, -0.2) is 33.4 Å². The highest BCUT2D eigenvalue weighted by Crippen LogP contribution is 2.35. The van der Waals surface area contributed by atoms with Gasteiger partial charge < -0.3 is 5.32 Å². The van der Waals surface area contributed by atoms with Crippen molar-refractivity contribution in [1.29, 1.82) is 0 Å². The van der Waals surface area contributed by atoms with Crippen LogP contribution in [-0.2, 0) is 30.7 Å². The van der Waals surface area contributed by atoms with Crippen molar-refractivity contribution >= 4 is 33.1 Å². The van der Waals surface area contributed by atoms with E-state index in [1.807, 2.05) is 32.0 Å². The summed E-state index contributed by atoms with van der Waals surface area (Å²) in [5.41, 5.74) is 4.00. The Balaban J connectivity index is 1.51. The van der Waals surface area contributed by atoms with Crippen LogP contribution in [0.1, 0.15) is 53.1 Å². The van der Waals surface area contributed by atoms with Gasteiger partial charge in [0, 0.05) is 10.6 Å². The number of carbonyl (C=O) groups excluding carboxylic acids is 1. The predicted molar refractivity (Wildman–Crippen MR) is 130 cm³/mol. The van der Waals surface area contributed by atoms with E-state index in [-0.39, 0.29) is 18.0 Å². The third-order valence-corrected chi connectivity index (χ3v) is 7.87. The molecule has 32 heavy (non-hydrogen) atoms. The topological polar surface area (TPSA) is 67.2 Å². The molecular formula is C25H30N4O2S. The molecule has 6 nitrogen and oxygen atoms in total. The van der Waals surface area contributed by atoms with Crippen LogP contribution in [0.3, 0.4) is 0 Å². The summed E-state index contributed by atoms with van der Waals surface area (Å²) in [5.74, 6) is 0.522. The SMILES string of the molecule is Cc1ccc(C)c(NC(=O)Cn2c(CN3CCCCC3)nc3sc4c(c3c2=O)CCC4)c1. The van der Waals surface area contributed by atoms with Crippen molar-refractivity contribution in [2.24, 2.45) is 0 Å². The summed E-state index contributed by atoms with van der Waals surface area (Å²) >= 11 is 1.67. The van der Waals surface area contributed by atoms with Crippen molar-refractivity contribution in [2.45, 2.75) is 65.5 Å². The molecule has 5 rings (SSSR count). The molecule has 0 atom stereocenters. The third-order valence-electron chi connectivity index (χ3n) is 6.69. The van der Waals surface area contributed by atoms with Gasteiger partial charge in [0.2, 0.25) is 5.91 Å². The van der Waals surface area contributed by atoms with Gasteiger partial charge in [0.25, 0.3) is 5.56 Å². The number of piperidine rings is 1. The second kappa shape index (κ2) is 8.79. The number of anilines is 1. The van der Waals surface area contributed by atoms with E-state index in [2.05, 4.69) is 10.2 Å². The van der Waals surface area contributed by atoms with Crippen LogP contribution in [0.4, 0.5) is 5.69 Å². The first kappa shape index (κ1) is 21.3. The van der Waals surface area contributed by atoms with E-state index in [0.29, 0.717) is 12.4 Å². The molecule has 0 radical (unpaired) electrons. The van der Waals surface area contributed by atoms with E-state index < -0.39 is 0 Å². The Morgan fingerprint density at radius 1 is 1.12 bits per heavy atom. The van der Waals surface area contributed by atoms with Crippen molar-refractivity contribution in [3.8, 4) is 0 Å². The number of aryl methyl sites for hydroxylation is 4. The minimum Gasteiger partial charge on any atom is -0.324 e. The average Bonchev–Trinajstić information content (AvgIpc) is 3.35. The van der Waals surface area contributed by atoms with Gasteiger partial charge >= 0.3 is 0 Å². The lowest BCUT2D eigenvalue weighted by molar-refractivity contribution is -0.116. The van der Waals surface area contributed by atoms with Gasteiger partial charge in [-0.3, -0.25) is 19.1 Å². The smallest absolute Gasteiger partial charge is 0.263 e. The zero-order chi connectivity index (χ0) is 22.2. The number of rotatable bonds is 5. The van der Waals surface area contributed by atoms with Crippen LogP contribution in [0.25, 0.3) is 10.2 Å². The quantitative estimate of drug-likeness (QED) is 0.633. The molecule has 1 N–H and O–H groups in total. The number of benzene rings is 1. The van der Waals surface area contributed by atoms with Crippen LogP contribution in [0.15, 0.2) is 23.0 Å². The fourth-order valence-electron chi connectivity index (χ4n) is 4.92. The number of amides is 1. The van der Waals surface area contributed by atoms with Gasteiger partial charge in [0.15, 0.2) is 0 Å². The van der Waals surface area contributed by atoms with Crippen molar-refractivity contribution in [2.75, 3.05) is 18.4 Å². The maximum atomic E-state index is 13.7. The number of hydrogen-bond donors (Lipinski definition) is 1. The summed E-state index contributed by atoms with van der Waals surface area (Å²) in [7, 11) is 0. The summed E-state index contributed by atoms with van der Waals surface area (Å²) in [6.45, 7) is 6.62. The molecule has 1 amide bonds. The first-order chi connectivity index (χ1) is 15.5. The van der Waals surface area contributed by atoms with E-state index in [0.717, 1.165) is 64.9 Å². The van der Waals surface area contributed by atoms with Crippen molar-refractivity contribution in [3.05, 3.63) is 55.9 Å². The molecule has 7 heteroatoms. The number of aromatic nitrogens is 2. The predicted octanol–water partition coefficient (Wildman–Crippen LogP) is 4.19. The number of nitrogens with one attached hydrogen (secondary N) is 1. The first-order valence-corrected chi connectivity index (χ1v) is 12.4. The van der Waals surface area contributed by atoms with Crippen LogP contribution in [0.5, 0.6) is 0 Å². The Labute approximate surface area is 192 Å². The average molecular weight is 451 g/mol. The Kier molecular flexibility index (Phi) is 5.86. The molecule has 1 saturated heterocycles. The fraction of sp³-hybridized carbons (Fsp3) is 0.480. The van der Waals surface area contributed by atoms with Gasteiger partial charge in [0.1, 0.15) is 17.2 Å². The summed E-state index contributed by atoms with van der Waals surface area (Å²) in [6.07, 6.45) is 6.67. The van der Waals surface area contributed by atoms with Crippen molar-refractivity contribution in [1.82, 2.24) is 14.5 Å². The number of carbonyl (C=O) groups is 1. The molecule has 1 fully saturated rings. The molecule has 1 aliphatic carbocycles. The molecule has 2 aliphatic rings. The standard InChI is InChI=1S/C25H30N4O2S/c1-16-9-10-17(2)19(13-16)26-22(30)15-29-21(14-28-11-4-3-5-12-28)27-24-23(25(29)31)18-7-6-8-20(18)32-24/h9-10,13H,3-8,11-12,14-15H2,1-2H3,(H,26,30). The van der Waals surface area contributed by atoms with E-state index in [1.54, 1.807) is 15.9 Å². The normalized spacial score (nSPS) is 16.4. The van der Waals surface area contributed by atoms with Gasteiger partial charge in [-0.25, -0.2) is 4.98 Å². The molecule has 0 bridgehead atoms. The van der Waals surface area contributed by atoms with Crippen LogP contribution < -0.4 is 10.9 Å². The third kappa shape index (κ3) is 4.11. The Morgan fingerprint density at radius 3 is 2.75 bits per heavy atom. The maximum Gasteiger partial charge on any atom is 0.263 e. The molecular weight excluding hydrogens is 420 g/mol. The Bertz CT molecular complexity index is 1240. The monoisotopic (exact) mass is 450 g/mol. The number of thiophene rings is 1. The minimum atomic E-state index is -0.186. The van der Waals surface area contributed by atoms with Crippen LogP contribution in [0.2, 0.25) is 0 Å². The zero-order valence-corrected chi connectivity index (χ0v) is 19.7. The summed E-state index contributed by atoms with van der Waals surface area (Å²) < 4.78 is 1.63. The molecule has 2 aromatic heterocycles. The highest BCUT2D eigenvalue weighted by molar-refractivity contribution is 7.18. The van der Waals surface area contributed by atoms with Gasteiger partial charge in [-0.15, -0.1) is 11.3 Å². The van der Waals surface area contributed by atoms with Gasteiger partial charge in [-0.2, -0.15) is 0 Å². The molecule has 1 aromatic carbocycles. The molecule has 3 heterocycles. The van der Waals surface area contributed by atoms with E-state index in [9.17, 15) is 9.59 Å². The Hall–Kier alpha value is -2.51. The lowest BCUT2D eigenvalue weighted by Crippen LogP contribution is -2.36. The van der Waals surface area contributed by atoms with Crippen molar-refractivity contribution in [3.63, 3.8) is 0 Å². The minimum absolute atomic E-state index is 0.0110. The van der Waals surface area contributed by atoms with E-state index in [1.165, 1.54) is 24.1 Å². The number of fused-ring (bicyclic) bond motifs is 3. The molecule has 3 aromatic rings. The maximum absolute atomic E-state index is 13.7. The summed E-state index contributed by atoms with van der Waals surface area (Å²) in [6, 6.07) is 6.00. The van der Waals surface area contributed by atoms with Gasteiger partial charge in [0.05, 0.1) is 11.9 Å². The molecule has 1 aliphatic heterocycles. The molecule has 0 unspecified atom stereocenters. The fourth-order valence-corrected chi connectivity index (χ4v) is 6.19. The lowest BCUT2D eigenvalue weighted by atomic mass is 10.1. The number of likely N-dealkylation sites (tertiary alicyclic amines) is 1. The zero-order valence-electron chi connectivity index (χ0n) is 18.9. The second-order valence-electron chi connectivity index (χ2n) is 9.16. The largest absolute Gasteiger partial charge is 0.324 e. The molecule has 0 spiro atoms. The van der Waals surface area contributed by atoms with E-state index in [4.69, 9.17) is 4.98 Å². The van der Waals surface area contributed by atoms with Gasteiger partial charge in [-0.05, 0) is 81.8 Å². The number of nitrogens with zero attached hydrogens (tertiary/aromatic N) is 3. The van der Waals surface area contributed by atoms with Crippen molar-refractivity contribution < 1.29 is 4.79 Å². The highest BCUT2D eigenvalue weighted by atomic mass is 32.1. The molecule has 0 saturated carbocycles. The summed E-state index contributed by atoms with van der Waals surface area (Å²) in [4.78, 5) is 36.1. The van der Waals surface area contributed by atoms with Crippen LogP contribution in [0, 0.1) is 13.8 Å². The number of hydrogen-bond acceptors (Lipinski definition) is 5.